The normalized spacial score (nSPS) is 28.2. The van der Waals surface area contributed by atoms with E-state index in [0.29, 0.717) is 16.4 Å². The van der Waals surface area contributed by atoms with E-state index in [4.69, 9.17) is 0 Å². The van der Waals surface area contributed by atoms with E-state index in [1.54, 1.807) is 6.07 Å². The first-order valence-electron chi connectivity index (χ1n) is 6.69. The van der Waals surface area contributed by atoms with Crippen molar-refractivity contribution in [3.63, 3.8) is 0 Å². The molecule has 1 N–H and O–H groups in total. The Kier molecular flexibility index (Phi) is 4.31. The second-order valence-corrected chi connectivity index (χ2v) is 6.58. The molecule has 1 aromatic carbocycles. The fourth-order valence-electron chi connectivity index (χ4n) is 2.88. The van der Waals surface area contributed by atoms with Crippen molar-refractivity contribution in [3.05, 3.63) is 28.0 Å². The SMILES string of the molecule is Cc1cc(F)c(Br)cc1NC1CCC(C)CC1C. The van der Waals surface area contributed by atoms with Crippen LogP contribution in [0.25, 0.3) is 0 Å². The van der Waals surface area contributed by atoms with Gasteiger partial charge in [-0.25, -0.2) is 4.39 Å². The molecule has 1 aliphatic carbocycles. The van der Waals surface area contributed by atoms with Crippen LogP contribution in [0.1, 0.15) is 38.7 Å². The van der Waals surface area contributed by atoms with E-state index < -0.39 is 0 Å². The second kappa shape index (κ2) is 5.60. The second-order valence-electron chi connectivity index (χ2n) is 5.73. The Hall–Kier alpha value is -0.570. The zero-order valence-electron chi connectivity index (χ0n) is 11.3. The molecule has 3 heteroatoms. The first-order valence-corrected chi connectivity index (χ1v) is 7.49. The van der Waals surface area contributed by atoms with Crippen molar-refractivity contribution in [2.24, 2.45) is 11.8 Å². The molecule has 1 nitrogen and oxygen atoms in total. The molecule has 100 valence electrons. The lowest BCUT2D eigenvalue weighted by Crippen LogP contribution is -2.33. The maximum absolute atomic E-state index is 13.4. The van der Waals surface area contributed by atoms with Crippen LogP contribution in [-0.2, 0) is 0 Å². The molecule has 0 aromatic heterocycles. The third kappa shape index (κ3) is 3.05. The average molecular weight is 314 g/mol. The van der Waals surface area contributed by atoms with Crippen molar-refractivity contribution in [2.45, 2.75) is 46.1 Å². The van der Waals surface area contributed by atoms with Crippen molar-refractivity contribution in [1.29, 1.82) is 0 Å². The number of hydrogen-bond donors (Lipinski definition) is 1. The Labute approximate surface area is 117 Å². The van der Waals surface area contributed by atoms with Crippen molar-refractivity contribution in [1.82, 2.24) is 0 Å². The third-order valence-electron chi connectivity index (χ3n) is 4.04. The van der Waals surface area contributed by atoms with Gasteiger partial charge in [0.05, 0.1) is 4.47 Å². The molecule has 1 fully saturated rings. The van der Waals surface area contributed by atoms with Gasteiger partial charge in [-0.3, -0.25) is 0 Å². The molecule has 18 heavy (non-hydrogen) atoms. The van der Waals surface area contributed by atoms with E-state index in [2.05, 4.69) is 35.1 Å². The fraction of sp³-hybridized carbons (Fsp3) is 0.600. The van der Waals surface area contributed by atoms with Crippen LogP contribution in [0.2, 0.25) is 0 Å². The van der Waals surface area contributed by atoms with Gasteiger partial charge in [-0.05, 0) is 71.6 Å². The number of benzene rings is 1. The zero-order chi connectivity index (χ0) is 13.3. The van der Waals surface area contributed by atoms with Gasteiger partial charge in [0.15, 0.2) is 0 Å². The zero-order valence-corrected chi connectivity index (χ0v) is 12.8. The van der Waals surface area contributed by atoms with Crippen LogP contribution in [0.15, 0.2) is 16.6 Å². The highest BCUT2D eigenvalue weighted by molar-refractivity contribution is 9.10. The fourth-order valence-corrected chi connectivity index (χ4v) is 3.22. The summed E-state index contributed by atoms with van der Waals surface area (Å²) in [7, 11) is 0. The van der Waals surface area contributed by atoms with Crippen LogP contribution in [0.5, 0.6) is 0 Å². The Morgan fingerprint density at radius 1 is 1.28 bits per heavy atom. The lowest BCUT2D eigenvalue weighted by molar-refractivity contribution is 0.276. The largest absolute Gasteiger partial charge is 0.382 e. The predicted molar refractivity (Wildman–Crippen MR) is 78.4 cm³/mol. The number of nitrogens with one attached hydrogen (secondary N) is 1. The Bertz CT molecular complexity index is 433. The van der Waals surface area contributed by atoms with Gasteiger partial charge in [-0.2, -0.15) is 0 Å². The minimum atomic E-state index is -0.191. The monoisotopic (exact) mass is 313 g/mol. The quantitative estimate of drug-likeness (QED) is 0.797. The van der Waals surface area contributed by atoms with Gasteiger partial charge in [0.1, 0.15) is 5.82 Å². The highest BCUT2D eigenvalue weighted by Gasteiger charge is 2.25. The molecule has 0 heterocycles. The molecule has 0 amide bonds. The van der Waals surface area contributed by atoms with E-state index in [1.165, 1.54) is 19.3 Å². The summed E-state index contributed by atoms with van der Waals surface area (Å²) in [6.45, 7) is 6.58. The summed E-state index contributed by atoms with van der Waals surface area (Å²) in [5, 5.41) is 3.59. The number of hydrogen-bond acceptors (Lipinski definition) is 1. The van der Waals surface area contributed by atoms with E-state index >= 15 is 0 Å². The molecular weight excluding hydrogens is 293 g/mol. The maximum atomic E-state index is 13.4. The molecule has 1 aromatic rings. The van der Waals surface area contributed by atoms with Crippen LogP contribution in [0.4, 0.5) is 10.1 Å². The maximum Gasteiger partial charge on any atom is 0.137 e. The summed E-state index contributed by atoms with van der Waals surface area (Å²) in [6.07, 6.45) is 3.76. The van der Waals surface area contributed by atoms with Crippen LogP contribution in [0, 0.1) is 24.6 Å². The molecule has 3 unspecified atom stereocenters. The number of anilines is 1. The Balaban J connectivity index is 2.12. The summed E-state index contributed by atoms with van der Waals surface area (Å²) in [5.41, 5.74) is 2.02. The first-order chi connectivity index (χ1) is 8.47. The smallest absolute Gasteiger partial charge is 0.137 e. The highest BCUT2D eigenvalue weighted by atomic mass is 79.9. The predicted octanol–water partition coefficient (Wildman–Crippen LogP) is 5.13. The van der Waals surface area contributed by atoms with Crippen LogP contribution in [0.3, 0.4) is 0 Å². The molecule has 1 aliphatic rings. The van der Waals surface area contributed by atoms with Gasteiger partial charge < -0.3 is 5.32 Å². The topological polar surface area (TPSA) is 12.0 Å². The van der Waals surface area contributed by atoms with E-state index in [9.17, 15) is 4.39 Å². The average Bonchev–Trinajstić information content (AvgIpc) is 2.29. The third-order valence-corrected chi connectivity index (χ3v) is 4.65. The van der Waals surface area contributed by atoms with Gasteiger partial charge in [0.25, 0.3) is 0 Å². The molecule has 0 saturated heterocycles. The van der Waals surface area contributed by atoms with Crippen molar-refractivity contribution in [3.8, 4) is 0 Å². The number of rotatable bonds is 2. The minimum Gasteiger partial charge on any atom is -0.382 e. The van der Waals surface area contributed by atoms with E-state index in [-0.39, 0.29) is 5.82 Å². The molecule has 0 radical (unpaired) electrons. The lowest BCUT2D eigenvalue weighted by Gasteiger charge is -2.34. The molecule has 1 saturated carbocycles. The molecule has 0 spiro atoms. The highest BCUT2D eigenvalue weighted by Crippen LogP contribution is 2.32. The van der Waals surface area contributed by atoms with Crippen molar-refractivity contribution >= 4 is 21.6 Å². The van der Waals surface area contributed by atoms with Crippen molar-refractivity contribution in [2.75, 3.05) is 5.32 Å². The molecule has 3 atom stereocenters. The Morgan fingerprint density at radius 2 is 2.00 bits per heavy atom. The minimum absolute atomic E-state index is 0.191. The van der Waals surface area contributed by atoms with Crippen LogP contribution < -0.4 is 5.32 Å². The molecule has 2 rings (SSSR count). The lowest BCUT2D eigenvalue weighted by atomic mass is 9.80. The summed E-state index contributed by atoms with van der Waals surface area (Å²) in [4.78, 5) is 0. The molecule has 0 aliphatic heterocycles. The molecule has 0 bridgehead atoms. The van der Waals surface area contributed by atoms with E-state index in [1.807, 2.05) is 13.0 Å². The first kappa shape index (κ1) is 13.9. The van der Waals surface area contributed by atoms with Crippen LogP contribution >= 0.6 is 15.9 Å². The van der Waals surface area contributed by atoms with Gasteiger partial charge >= 0.3 is 0 Å². The van der Waals surface area contributed by atoms with Gasteiger partial charge in [0.2, 0.25) is 0 Å². The van der Waals surface area contributed by atoms with Gasteiger partial charge in [-0.1, -0.05) is 13.8 Å². The summed E-state index contributed by atoms with van der Waals surface area (Å²) >= 11 is 3.25. The van der Waals surface area contributed by atoms with E-state index in [0.717, 1.165) is 17.2 Å². The summed E-state index contributed by atoms with van der Waals surface area (Å²) < 4.78 is 13.9. The molecular formula is C15H21BrFN. The summed E-state index contributed by atoms with van der Waals surface area (Å²) in [5.74, 6) is 1.32. The number of halogens is 2. The van der Waals surface area contributed by atoms with Crippen molar-refractivity contribution < 1.29 is 4.39 Å². The van der Waals surface area contributed by atoms with Gasteiger partial charge in [-0.15, -0.1) is 0 Å². The Morgan fingerprint density at radius 3 is 2.67 bits per heavy atom. The van der Waals surface area contributed by atoms with Gasteiger partial charge in [0, 0.05) is 11.7 Å². The number of aryl methyl sites for hydroxylation is 1. The summed E-state index contributed by atoms with van der Waals surface area (Å²) in [6, 6.07) is 3.95. The standard InChI is InChI=1S/C15H21BrFN/c1-9-4-5-14(10(2)6-9)18-15-8-12(16)13(17)7-11(15)3/h7-10,14,18H,4-6H2,1-3H3. The van der Waals surface area contributed by atoms with Crippen LogP contribution in [-0.4, -0.2) is 6.04 Å².